The second-order valence-electron chi connectivity index (χ2n) is 4.98. The van der Waals surface area contributed by atoms with E-state index < -0.39 is 0 Å². The van der Waals surface area contributed by atoms with Gasteiger partial charge in [0.2, 0.25) is 0 Å². The Labute approximate surface area is 146 Å². The van der Waals surface area contributed by atoms with E-state index in [1.165, 1.54) is 5.56 Å². The number of hydrogen-bond donors (Lipinski definition) is 2. The maximum Gasteiger partial charge on any atom is 0.171 e. The molecule has 0 atom stereocenters. The summed E-state index contributed by atoms with van der Waals surface area (Å²) >= 11 is 11.5. The fourth-order valence-corrected chi connectivity index (χ4v) is 2.44. The van der Waals surface area contributed by atoms with Crippen molar-refractivity contribution in [2.75, 3.05) is 19.5 Å². The third kappa shape index (κ3) is 4.74. The molecule has 0 saturated carbocycles. The van der Waals surface area contributed by atoms with Crippen molar-refractivity contribution in [3.63, 3.8) is 0 Å². The third-order valence-corrected chi connectivity index (χ3v) is 3.84. The summed E-state index contributed by atoms with van der Waals surface area (Å²) in [6.07, 6.45) is 0. The van der Waals surface area contributed by atoms with Gasteiger partial charge < -0.3 is 20.1 Å². The van der Waals surface area contributed by atoms with Crippen LogP contribution in [0.4, 0.5) is 5.69 Å². The van der Waals surface area contributed by atoms with Crippen LogP contribution in [0.2, 0.25) is 5.02 Å². The molecule has 2 N–H and O–H groups in total. The number of methoxy groups -OCH3 is 2. The minimum absolute atomic E-state index is 0.483. The Hall–Kier alpha value is -1.98. The number of nitrogens with one attached hydrogen (secondary N) is 2. The number of rotatable bonds is 5. The van der Waals surface area contributed by atoms with Crippen LogP contribution in [-0.4, -0.2) is 19.3 Å². The molecule has 0 spiro atoms. The highest BCUT2D eigenvalue weighted by Gasteiger charge is 2.11. The lowest BCUT2D eigenvalue weighted by Gasteiger charge is -2.15. The molecular formula is C17H19ClN2O2S. The second kappa shape index (κ2) is 8.04. The smallest absolute Gasteiger partial charge is 0.171 e. The summed E-state index contributed by atoms with van der Waals surface area (Å²) in [5.41, 5.74) is 3.06. The van der Waals surface area contributed by atoms with E-state index in [0.29, 0.717) is 33.9 Å². The normalized spacial score (nSPS) is 10.1. The van der Waals surface area contributed by atoms with E-state index in [4.69, 9.17) is 33.3 Å². The second-order valence-corrected chi connectivity index (χ2v) is 5.80. The van der Waals surface area contributed by atoms with Crippen molar-refractivity contribution in [1.29, 1.82) is 0 Å². The summed E-state index contributed by atoms with van der Waals surface area (Å²) in [7, 11) is 3.14. The molecule has 0 unspecified atom stereocenters. The molecule has 0 aliphatic heterocycles. The molecule has 0 saturated heterocycles. The average molecular weight is 351 g/mol. The Morgan fingerprint density at radius 2 is 1.74 bits per heavy atom. The molecule has 0 heterocycles. The van der Waals surface area contributed by atoms with Gasteiger partial charge in [0.05, 0.1) is 24.9 Å². The van der Waals surface area contributed by atoms with Gasteiger partial charge in [0, 0.05) is 12.6 Å². The van der Waals surface area contributed by atoms with Crippen molar-refractivity contribution in [1.82, 2.24) is 5.32 Å². The first-order valence-electron chi connectivity index (χ1n) is 7.05. The van der Waals surface area contributed by atoms with E-state index >= 15 is 0 Å². The molecule has 122 valence electrons. The molecule has 2 rings (SSSR count). The Kier molecular flexibility index (Phi) is 6.07. The summed E-state index contributed by atoms with van der Waals surface area (Å²) in [5, 5.41) is 7.22. The zero-order valence-corrected chi connectivity index (χ0v) is 14.8. The van der Waals surface area contributed by atoms with Crippen molar-refractivity contribution < 1.29 is 9.47 Å². The van der Waals surface area contributed by atoms with Gasteiger partial charge in [-0.3, -0.25) is 0 Å². The number of halogens is 1. The zero-order valence-electron chi connectivity index (χ0n) is 13.3. The first-order valence-corrected chi connectivity index (χ1v) is 7.84. The van der Waals surface area contributed by atoms with Crippen LogP contribution in [0.15, 0.2) is 36.4 Å². The molecule has 0 fully saturated rings. The standard InChI is InChI=1S/C17H19ClN2O2S/c1-11-4-6-12(7-5-11)10-19-17(23)20-14-8-13(18)15(21-2)9-16(14)22-3/h4-9H,10H2,1-3H3,(H2,19,20,23). The molecule has 23 heavy (non-hydrogen) atoms. The van der Waals surface area contributed by atoms with Crippen LogP contribution in [0.5, 0.6) is 11.5 Å². The van der Waals surface area contributed by atoms with Crippen LogP contribution >= 0.6 is 23.8 Å². The van der Waals surface area contributed by atoms with Gasteiger partial charge in [-0.1, -0.05) is 41.4 Å². The van der Waals surface area contributed by atoms with Gasteiger partial charge >= 0.3 is 0 Å². The minimum atomic E-state index is 0.483. The van der Waals surface area contributed by atoms with Gasteiger partial charge in [0.15, 0.2) is 5.11 Å². The van der Waals surface area contributed by atoms with Crippen LogP contribution in [0, 0.1) is 6.92 Å². The number of thiocarbonyl (C=S) groups is 1. The lowest BCUT2D eigenvalue weighted by molar-refractivity contribution is 0.396. The third-order valence-electron chi connectivity index (χ3n) is 3.30. The fourth-order valence-electron chi connectivity index (χ4n) is 2.01. The number of hydrogen-bond acceptors (Lipinski definition) is 3. The molecule has 0 amide bonds. The van der Waals surface area contributed by atoms with Crippen molar-refractivity contribution in [2.24, 2.45) is 0 Å². The Morgan fingerprint density at radius 3 is 2.35 bits per heavy atom. The molecule has 0 aliphatic rings. The molecule has 0 bridgehead atoms. The number of anilines is 1. The quantitative estimate of drug-likeness (QED) is 0.793. The largest absolute Gasteiger partial charge is 0.495 e. The molecule has 0 aliphatic carbocycles. The van der Waals surface area contributed by atoms with E-state index in [9.17, 15) is 0 Å². The minimum Gasteiger partial charge on any atom is -0.495 e. The van der Waals surface area contributed by atoms with E-state index in [2.05, 4.69) is 41.8 Å². The number of aryl methyl sites for hydroxylation is 1. The fraction of sp³-hybridized carbons (Fsp3) is 0.235. The van der Waals surface area contributed by atoms with Crippen molar-refractivity contribution in [2.45, 2.75) is 13.5 Å². The van der Waals surface area contributed by atoms with E-state index in [0.717, 1.165) is 5.56 Å². The molecule has 0 aromatic heterocycles. The first kappa shape index (κ1) is 17.4. The van der Waals surface area contributed by atoms with Crippen LogP contribution in [0.1, 0.15) is 11.1 Å². The van der Waals surface area contributed by atoms with Gasteiger partial charge in [-0.25, -0.2) is 0 Å². The topological polar surface area (TPSA) is 42.5 Å². The highest BCUT2D eigenvalue weighted by Crippen LogP contribution is 2.35. The van der Waals surface area contributed by atoms with Gasteiger partial charge in [-0.2, -0.15) is 0 Å². The van der Waals surface area contributed by atoms with Crippen molar-refractivity contribution in [3.05, 3.63) is 52.5 Å². The Bertz CT molecular complexity index is 690. The lowest BCUT2D eigenvalue weighted by Crippen LogP contribution is -2.28. The summed E-state index contributed by atoms with van der Waals surface area (Å²) in [5.74, 6) is 1.15. The number of ether oxygens (including phenoxy) is 2. The van der Waals surface area contributed by atoms with Crippen LogP contribution in [0.3, 0.4) is 0 Å². The maximum atomic E-state index is 6.15. The molecule has 2 aromatic carbocycles. The van der Waals surface area contributed by atoms with Gasteiger partial charge in [0.25, 0.3) is 0 Å². The average Bonchev–Trinajstić information content (AvgIpc) is 2.54. The summed E-state index contributed by atoms with van der Waals surface area (Å²) in [6, 6.07) is 11.7. The summed E-state index contributed by atoms with van der Waals surface area (Å²) in [6.45, 7) is 2.70. The highest BCUT2D eigenvalue weighted by atomic mass is 35.5. The van der Waals surface area contributed by atoms with Crippen LogP contribution in [-0.2, 0) is 6.54 Å². The SMILES string of the molecule is COc1cc(OC)c(NC(=S)NCc2ccc(C)cc2)cc1Cl. The highest BCUT2D eigenvalue weighted by molar-refractivity contribution is 7.80. The zero-order chi connectivity index (χ0) is 16.8. The molecule has 4 nitrogen and oxygen atoms in total. The van der Waals surface area contributed by atoms with Gasteiger partial charge in [0.1, 0.15) is 11.5 Å². The summed E-state index contributed by atoms with van der Waals surface area (Å²) < 4.78 is 10.5. The number of benzene rings is 2. The van der Waals surface area contributed by atoms with Crippen molar-refractivity contribution in [3.8, 4) is 11.5 Å². The van der Waals surface area contributed by atoms with E-state index in [-0.39, 0.29) is 0 Å². The van der Waals surface area contributed by atoms with E-state index in [1.807, 2.05) is 0 Å². The lowest BCUT2D eigenvalue weighted by atomic mass is 10.1. The molecule has 0 radical (unpaired) electrons. The van der Waals surface area contributed by atoms with Crippen LogP contribution in [0.25, 0.3) is 0 Å². The molecule has 2 aromatic rings. The van der Waals surface area contributed by atoms with Crippen LogP contribution < -0.4 is 20.1 Å². The summed E-state index contributed by atoms with van der Waals surface area (Å²) in [4.78, 5) is 0. The predicted octanol–water partition coefficient (Wildman–Crippen LogP) is 4.15. The van der Waals surface area contributed by atoms with Gasteiger partial charge in [-0.05, 0) is 30.8 Å². The van der Waals surface area contributed by atoms with Gasteiger partial charge in [-0.15, -0.1) is 0 Å². The van der Waals surface area contributed by atoms with E-state index in [1.54, 1.807) is 26.4 Å². The Balaban J connectivity index is 2.02. The Morgan fingerprint density at radius 1 is 1.09 bits per heavy atom. The predicted molar refractivity (Wildman–Crippen MR) is 98.8 cm³/mol. The molecule has 6 heteroatoms. The molecular weight excluding hydrogens is 332 g/mol. The monoisotopic (exact) mass is 350 g/mol. The maximum absolute atomic E-state index is 6.15. The first-order chi connectivity index (χ1) is 11.0. The van der Waals surface area contributed by atoms with Crippen molar-refractivity contribution >= 4 is 34.6 Å².